The molecule has 4 heteroatoms. The number of carbonyl (C=O) groups is 2. The number of Topliss-reactive ketones (excluding diaryl/α,β-unsaturated/α-hetero) is 1. The van der Waals surface area contributed by atoms with Gasteiger partial charge in [0.05, 0.1) is 6.10 Å². The Kier molecular flexibility index (Phi) is 7.87. The summed E-state index contributed by atoms with van der Waals surface area (Å²) in [5, 5.41) is 19.9. The van der Waals surface area contributed by atoms with Gasteiger partial charge in [0, 0.05) is 19.3 Å². The van der Waals surface area contributed by atoms with E-state index in [9.17, 15) is 14.7 Å². The van der Waals surface area contributed by atoms with Gasteiger partial charge in [0.25, 0.3) is 0 Å². The maximum absolute atomic E-state index is 12.4. The van der Waals surface area contributed by atoms with Crippen LogP contribution in [0.25, 0.3) is 0 Å². The lowest BCUT2D eigenvalue weighted by atomic mass is 9.42. The molecule has 37 heavy (non-hydrogen) atoms. The highest BCUT2D eigenvalue weighted by molar-refractivity contribution is 5.79. The molecule has 1 aromatic carbocycles. The van der Waals surface area contributed by atoms with Crippen molar-refractivity contribution in [3.8, 4) is 0 Å². The number of hydrogen-bond acceptors (Lipinski definition) is 3. The quantitative estimate of drug-likeness (QED) is 0.352. The average Bonchev–Trinajstić information content (AvgIpc) is 3.16. The fourth-order valence-electron chi connectivity index (χ4n) is 9.75. The van der Waals surface area contributed by atoms with E-state index in [0.717, 1.165) is 63.7 Å². The van der Waals surface area contributed by atoms with Gasteiger partial charge in [-0.25, -0.2) is 0 Å². The van der Waals surface area contributed by atoms with Gasteiger partial charge in [0.15, 0.2) is 0 Å². The maximum atomic E-state index is 12.4. The van der Waals surface area contributed by atoms with Gasteiger partial charge >= 0.3 is 5.97 Å². The maximum Gasteiger partial charge on any atom is 0.303 e. The Bertz CT molecular complexity index is 969. The fraction of sp³-hybridized carbons (Fsp3) is 0.758. The van der Waals surface area contributed by atoms with Crippen LogP contribution in [0.2, 0.25) is 0 Å². The van der Waals surface area contributed by atoms with Crippen molar-refractivity contribution in [1.82, 2.24) is 0 Å². The molecule has 4 aliphatic carbocycles. The minimum absolute atomic E-state index is 0.0712. The van der Waals surface area contributed by atoms with Gasteiger partial charge in [-0.1, -0.05) is 38.1 Å². The summed E-state index contributed by atoms with van der Waals surface area (Å²) in [6.45, 7) is 4.93. The molecular formula is C33H48O4. The molecule has 204 valence electrons. The largest absolute Gasteiger partial charge is 0.481 e. The van der Waals surface area contributed by atoms with E-state index in [1.54, 1.807) is 0 Å². The number of hydrogen-bond donors (Lipinski definition) is 2. The first kappa shape index (κ1) is 26.9. The lowest BCUT2D eigenvalue weighted by Gasteiger charge is -2.62. The Balaban J connectivity index is 1.24. The van der Waals surface area contributed by atoms with Crippen LogP contribution in [0.1, 0.15) is 108 Å². The van der Waals surface area contributed by atoms with Crippen molar-refractivity contribution in [2.24, 2.45) is 40.4 Å². The van der Waals surface area contributed by atoms with Crippen LogP contribution in [0.4, 0.5) is 0 Å². The van der Waals surface area contributed by atoms with Crippen LogP contribution in [0.15, 0.2) is 24.3 Å². The van der Waals surface area contributed by atoms with Crippen LogP contribution in [-0.2, 0) is 22.4 Å². The number of aliphatic hydroxyl groups is 1. The molecule has 0 unspecified atom stereocenters. The Morgan fingerprint density at radius 3 is 2.35 bits per heavy atom. The number of fused-ring (bicyclic) bond motifs is 5. The summed E-state index contributed by atoms with van der Waals surface area (Å²) in [5.41, 5.74) is 3.05. The van der Waals surface area contributed by atoms with Gasteiger partial charge < -0.3 is 10.2 Å². The fourth-order valence-corrected chi connectivity index (χ4v) is 9.75. The topological polar surface area (TPSA) is 74.6 Å². The van der Waals surface area contributed by atoms with Crippen molar-refractivity contribution < 1.29 is 19.8 Å². The number of carbonyl (C=O) groups excluding carboxylic acids is 1. The smallest absolute Gasteiger partial charge is 0.303 e. The first-order valence-corrected chi connectivity index (χ1v) is 15.2. The van der Waals surface area contributed by atoms with Gasteiger partial charge in [-0.05, 0) is 129 Å². The Morgan fingerprint density at radius 1 is 0.946 bits per heavy atom. The number of aliphatic hydroxyl groups excluding tert-OH is 1. The molecule has 4 saturated carbocycles. The van der Waals surface area contributed by atoms with Gasteiger partial charge in [-0.3, -0.25) is 9.59 Å². The number of unbranched alkanes of at least 4 members (excludes halogenated alkanes) is 1. The molecule has 1 aromatic rings. The molecule has 8 atom stereocenters. The van der Waals surface area contributed by atoms with E-state index >= 15 is 0 Å². The first-order valence-electron chi connectivity index (χ1n) is 15.2. The molecule has 0 aromatic heterocycles. The molecule has 4 fully saturated rings. The van der Waals surface area contributed by atoms with Crippen molar-refractivity contribution in [2.75, 3.05) is 0 Å². The Labute approximate surface area is 223 Å². The number of aryl methyl sites for hydroxylation is 2. The SMILES string of the molecule is C[C@]12CCC(=O)C[C@@H]1CC[C@@H]1[C@@H]2[C@@H](CCCc2ccc(CCCCC(=O)O)cc2)C[C@]2(C)[C@@H](O)CC[C@@H]12. The minimum Gasteiger partial charge on any atom is -0.481 e. The second-order valence-electron chi connectivity index (χ2n) is 13.7. The minimum atomic E-state index is -0.707. The molecule has 2 N–H and O–H groups in total. The summed E-state index contributed by atoms with van der Waals surface area (Å²) >= 11 is 0. The standard InChI is InChI=1S/C33H48O4/c1-32-19-18-26(34)20-25(32)14-15-27-28-16-17-29(35)33(28,2)21-24(31(27)32)8-5-7-23-12-10-22(11-13-23)6-3-4-9-30(36)37/h10-13,24-25,27-29,31,35H,3-9,14-21H2,1-2H3,(H,36,37)/t24-,25-,27-,28-,29-,31-,32-,33-/m0/s1. The van der Waals surface area contributed by atoms with E-state index in [1.165, 1.54) is 43.2 Å². The van der Waals surface area contributed by atoms with E-state index < -0.39 is 5.97 Å². The van der Waals surface area contributed by atoms with Crippen LogP contribution in [0, 0.1) is 40.4 Å². The number of aliphatic carboxylic acids is 1. The summed E-state index contributed by atoms with van der Waals surface area (Å²) in [4.78, 5) is 23.1. The summed E-state index contributed by atoms with van der Waals surface area (Å²) in [7, 11) is 0. The van der Waals surface area contributed by atoms with Crippen LogP contribution >= 0.6 is 0 Å². The number of carboxylic acids is 1. The molecular weight excluding hydrogens is 460 g/mol. The molecule has 0 amide bonds. The second-order valence-corrected chi connectivity index (χ2v) is 13.7. The monoisotopic (exact) mass is 508 g/mol. The Hall–Kier alpha value is -1.68. The number of rotatable bonds is 9. The molecule has 4 aliphatic rings. The van der Waals surface area contributed by atoms with Crippen molar-refractivity contribution >= 4 is 11.8 Å². The highest BCUT2D eigenvalue weighted by atomic mass is 16.4. The number of benzene rings is 1. The van der Waals surface area contributed by atoms with Crippen LogP contribution in [0.5, 0.6) is 0 Å². The third-order valence-electron chi connectivity index (χ3n) is 11.7. The zero-order chi connectivity index (χ0) is 26.2. The summed E-state index contributed by atoms with van der Waals surface area (Å²) < 4.78 is 0. The van der Waals surface area contributed by atoms with Crippen molar-refractivity contribution in [3.05, 3.63) is 35.4 Å². The predicted octanol–water partition coefficient (Wildman–Crippen LogP) is 7.01. The third kappa shape index (κ3) is 5.29. The van der Waals surface area contributed by atoms with Crippen molar-refractivity contribution in [2.45, 2.75) is 116 Å². The van der Waals surface area contributed by atoms with Gasteiger partial charge in [0.2, 0.25) is 0 Å². The van der Waals surface area contributed by atoms with Gasteiger partial charge in [0.1, 0.15) is 5.78 Å². The highest BCUT2D eigenvalue weighted by Gasteiger charge is 2.62. The molecule has 0 bridgehead atoms. The van der Waals surface area contributed by atoms with E-state index in [2.05, 4.69) is 38.1 Å². The van der Waals surface area contributed by atoms with E-state index in [1.807, 2.05) is 0 Å². The molecule has 0 spiro atoms. The van der Waals surface area contributed by atoms with Gasteiger partial charge in [-0.15, -0.1) is 0 Å². The highest BCUT2D eigenvalue weighted by Crippen LogP contribution is 2.68. The van der Waals surface area contributed by atoms with Crippen molar-refractivity contribution in [1.29, 1.82) is 0 Å². The van der Waals surface area contributed by atoms with Crippen molar-refractivity contribution in [3.63, 3.8) is 0 Å². The summed E-state index contributed by atoms with van der Waals surface area (Å²) in [6.07, 6.45) is 14.7. The normalized spacial score (nSPS) is 39.1. The van der Waals surface area contributed by atoms with E-state index in [4.69, 9.17) is 5.11 Å². The molecule has 0 heterocycles. The summed E-state index contributed by atoms with van der Waals surface area (Å²) in [5.74, 6) is 3.07. The Morgan fingerprint density at radius 2 is 1.65 bits per heavy atom. The van der Waals surface area contributed by atoms with E-state index in [-0.39, 0.29) is 17.9 Å². The molecule has 0 aliphatic heterocycles. The first-order chi connectivity index (χ1) is 17.7. The third-order valence-corrected chi connectivity index (χ3v) is 11.7. The average molecular weight is 509 g/mol. The predicted molar refractivity (Wildman–Crippen MR) is 146 cm³/mol. The summed E-state index contributed by atoms with van der Waals surface area (Å²) in [6, 6.07) is 8.97. The van der Waals surface area contributed by atoms with Crippen LogP contribution in [0.3, 0.4) is 0 Å². The second kappa shape index (κ2) is 10.8. The van der Waals surface area contributed by atoms with Crippen LogP contribution in [-0.4, -0.2) is 28.1 Å². The van der Waals surface area contributed by atoms with Gasteiger partial charge in [-0.2, -0.15) is 0 Å². The molecule has 5 rings (SSSR count). The van der Waals surface area contributed by atoms with Crippen LogP contribution < -0.4 is 0 Å². The van der Waals surface area contributed by atoms with E-state index in [0.29, 0.717) is 34.9 Å². The molecule has 0 saturated heterocycles. The zero-order valence-corrected chi connectivity index (χ0v) is 23.1. The lowest BCUT2D eigenvalue weighted by molar-refractivity contribution is -0.159. The molecule has 4 nitrogen and oxygen atoms in total. The zero-order valence-electron chi connectivity index (χ0n) is 23.1. The number of ketones is 1. The molecule has 0 radical (unpaired) electrons. The number of carboxylic acid groups (broad SMARTS) is 1. The lowest BCUT2D eigenvalue weighted by Crippen LogP contribution is -2.57.